The van der Waals surface area contributed by atoms with Crippen molar-refractivity contribution in [2.24, 2.45) is 0 Å². The molecule has 0 radical (unpaired) electrons. The number of aliphatic hydroxyl groups excluding tert-OH is 2. The topological polar surface area (TPSA) is 61.7 Å². The van der Waals surface area contributed by atoms with Gasteiger partial charge in [-0.1, -0.05) is 19.1 Å². The second kappa shape index (κ2) is 8.48. The van der Waals surface area contributed by atoms with Crippen LogP contribution in [0, 0.1) is 0 Å². The fraction of sp³-hybridized carbons (Fsp3) is 0.538. The molecule has 2 atom stereocenters. The van der Waals surface area contributed by atoms with Crippen LogP contribution < -0.4 is 10.1 Å². The van der Waals surface area contributed by atoms with E-state index < -0.39 is 6.10 Å². The Kier molecular flexibility index (Phi) is 7.27. The summed E-state index contributed by atoms with van der Waals surface area (Å²) >= 11 is 3.38. The molecule has 2 unspecified atom stereocenters. The van der Waals surface area contributed by atoms with Crippen molar-refractivity contribution in [1.29, 1.82) is 0 Å². The standard InChI is InChI=1S/C13H20BrNO3/c1-2-10(8-16)15-7-11(17)9-18-13-6-4-3-5-12(13)14/h3-6,10-11,15-17H,2,7-9H2,1H3. The van der Waals surface area contributed by atoms with Crippen molar-refractivity contribution < 1.29 is 14.9 Å². The predicted molar refractivity (Wildman–Crippen MR) is 74.8 cm³/mol. The molecule has 0 aliphatic heterocycles. The first kappa shape index (κ1) is 15.4. The molecular weight excluding hydrogens is 298 g/mol. The lowest BCUT2D eigenvalue weighted by atomic mass is 10.2. The first-order valence-corrected chi connectivity index (χ1v) is 6.86. The third-order valence-corrected chi connectivity index (χ3v) is 3.28. The van der Waals surface area contributed by atoms with Gasteiger partial charge in [-0.25, -0.2) is 0 Å². The first-order chi connectivity index (χ1) is 8.67. The van der Waals surface area contributed by atoms with Crippen molar-refractivity contribution in [3.8, 4) is 5.75 Å². The third kappa shape index (κ3) is 5.35. The maximum Gasteiger partial charge on any atom is 0.133 e. The highest BCUT2D eigenvalue weighted by atomic mass is 79.9. The number of benzene rings is 1. The van der Waals surface area contributed by atoms with Crippen LogP contribution in [0.5, 0.6) is 5.75 Å². The molecule has 0 aliphatic rings. The van der Waals surface area contributed by atoms with E-state index >= 15 is 0 Å². The summed E-state index contributed by atoms with van der Waals surface area (Å²) in [5.41, 5.74) is 0. The molecule has 0 aromatic heterocycles. The average molecular weight is 318 g/mol. The first-order valence-electron chi connectivity index (χ1n) is 6.07. The minimum Gasteiger partial charge on any atom is -0.490 e. The van der Waals surface area contributed by atoms with Gasteiger partial charge in [0.2, 0.25) is 0 Å². The zero-order chi connectivity index (χ0) is 13.4. The van der Waals surface area contributed by atoms with Crippen molar-refractivity contribution >= 4 is 15.9 Å². The summed E-state index contributed by atoms with van der Waals surface area (Å²) in [5, 5.41) is 21.8. The van der Waals surface area contributed by atoms with Crippen molar-refractivity contribution in [2.45, 2.75) is 25.5 Å². The summed E-state index contributed by atoms with van der Waals surface area (Å²) in [6.45, 7) is 2.69. The maximum atomic E-state index is 9.76. The zero-order valence-corrected chi connectivity index (χ0v) is 12.1. The molecule has 102 valence electrons. The monoisotopic (exact) mass is 317 g/mol. The molecule has 3 N–H and O–H groups in total. The van der Waals surface area contributed by atoms with Crippen LogP contribution in [0.25, 0.3) is 0 Å². The lowest BCUT2D eigenvalue weighted by Crippen LogP contribution is -2.39. The van der Waals surface area contributed by atoms with Gasteiger partial charge >= 0.3 is 0 Å². The lowest BCUT2D eigenvalue weighted by molar-refractivity contribution is 0.0991. The number of halogens is 1. The predicted octanol–water partition coefficient (Wildman–Crippen LogP) is 1.55. The number of aliphatic hydroxyl groups is 2. The summed E-state index contributed by atoms with van der Waals surface area (Å²) in [6.07, 6.45) is 0.228. The van der Waals surface area contributed by atoms with Crippen LogP contribution in [0.1, 0.15) is 13.3 Å². The Morgan fingerprint density at radius 1 is 1.39 bits per heavy atom. The Morgan fingerprint density at radius 3 is 2.72 bits per heavy atom. The summed E-state index contributed by atoms with van der Waals surface area (Å²) in [7, 11) is 0. The summed E-state index contributed by atoms with van der Waals surface area (Å²) < 4.78 is 6.37. The van der Waals surface area contributed by atoms with Crippen LogP contribution in [0.2, 0.25) is 0 Å². The van der Waals surface area contributed by atoms with E-state index in [4.69, 9.17) is 9.84 Å². The minimum atomic E-state index is -0.599. The van der Waals surface area contributed by atoms with Gasteiger partial charge in [0.1, 0.15) is 18.5 Å². The molecule has 4 nitrogen and oxygen atoms in total. The number of hydrogen-bond acceptors (Lipinski definition) is 4. The Bertz CT molecular complexity index is 345. The van der Waals surface area contributed by atoms with Gasteiger partial charge in [0.25, 0.3) is 0 Å². The highest BCUT2D eigenvalue weighted by Crippen LogP contribution is 2.23. The minimum absolute atomic E-state index is 0.0307. The molecule has 0 fully saturated rings. The Hall–Kier alpha value is -0.620. The van der Waals surface area contributed by atoms with Crippen LogP contribution in [-0.2, 0) is 0 Å². The van der Waals surface area contributed by atoms with Gasteiger partial charge in [-0.05, 0) is 34.5 Å². The maximum absolute atomic E-state index is 9.76. The summed E-state index contributed by atoms with van der Waals surface area (Å²) in [4.78, 5) is 0. The van der Waals surface area contributed by atoms with E-state index in [0.29, 0.717) is 12.3 Å². The molecule has 0 spiro atoms. The number of nitrogens with one attached hydrogen (secondary N) is 1. The number of hydrogen-bond donors (Lipinski definition) is 3. The molecule has 0 heterocycles. The van der Waals surface area contributed by atoms with Gasteiger partial charge in [-0.15, -0.1) is 0 Å². The van der Waals surface area contributed by atoms with Gasteiger partial charge in [0.15, 0.2) is 0 Å². The number of rotatable bonds is 8. The fourth-order valence-corrected chi connectivity index (χ4v) is 1.85. The van der Waals surface area contributed by atoms with Crippen LogP contribution >= 0.6 is 15.9 Å². The Morgan fingerprint density at radius 2 is 2.11 bits per heavy atom. The molecule has 0 saturated carbocycles. The normalized spacial score (nSPS) is 14.2. The Labute approximate surface area is 116 Å². The van der Waals surface area contributed by atoms with Gasteiger partial charge in [-0.2, -0.15) is 0 Å². The molecule has 1 rings (SSSR count). The van der Waals surface area contributed by atoms with Crippen LogP contribution in [0.4, 0.5) is 0 Å². The second-order valence-electron chi connectivity index (χ2n) is 4.09. The molecule has 1 aromatic carbocycles. The number of ether oxygens (including phenoxy) is 1. The number of para-hydroxylation sites is 1. The van der Waals surface area contributed by atoms with Crippen molar-refractivity contribution in [3.63, 3.8) is 0 Å². The Balaban J connectivity index is 2.29. The third-order valence-electron chi connectivity index (χ3n) is 2.62. The van der Waals surface area contributed by atoms with E-state index in [0.717, 1.165) is 10.9 Å². The molecule has 1 aromatic rings. The summed E-state index contributed by atoms with van der Waals surface area (Å²) in [6, 6.07) is 7.54. The van der Waals surface area contributed by atoms with E-state index in [1.807, 2.05) is 31.2 Å². The SMILES string of the molecule is CCC(CO)NCC(O)COc1ccccc1Br. The highest BCUT2D eigenvalue weighted by molar-refractivity contribution is 9.10. The quantitative estimate of drug-likeness (QED) is 0.681. The van der Waals surface area contributed by atoms with Gasteiger partial charge in [0, 0.05) is 12.6 Å². The van der Waals surface area contributed by atoms with E-state index in [-0.39, 0.29) is 19.3 Å². The smallest absolute Gasteiger partial charge is 0.133 e. The van der Waals surface area contributed by atoms with Gasteiger partial charge in [-0.3, -0.25) is 0 Å². The van der Waals surface area contributed by atoms with E-state index in [2.05, 4.69) is 21.2 Å². The van der Waals surface area contributed by atoms with Crippen molar-refractivity contribution in [3.05, 3.63) is 28.7 Å². The average Bonchev–Trinajstić information content (AvgIpc) is 2.39. The zero-order valence-electron chi connectivity index (χ0n) is 10.5. The summed E-state index contributed by atoms with van der Waals surface area (Å²) in [5.74, 6) is 0.714. The van der Waals surface area contributed by atoms with Crippen molar-refractivity contribution in [2.75, 3.05) is 19.8 Å². The van der Waals surface area contributed by atoms with Crippen LogP contribution in [-0.4, -0.2) is 42.1 Å². The molecule has 0 saturated heterocycles. The molecule has 0 aliphatic carbocycles. The molecule has 18 heavy (non-hydrogen) atoms. The fourth-order valence-electron chi connectivity index (χ4n) is 1.45. The molecular formula is C13H20BrNO3. The van der Waals surface area contributed by atoms with Gasteiger partial charge in [0.05, 0.1) is 11.1 Å². The highest BCUT2D eigenvalue weighted by Gasteiger charge is 2.09. The van der Waals surface area contributed by atoms with Crippen molar-refractivity contribution in [1.82, 2.24) is 5.32 Å². The largest absolute Gasteiger partial charge is 0.490 e. The van der Waals surface area contributed by atoms with Gasteiger partial charge < -0.3 is 20.3 Å². The van der Waals surface area contributed by atoms with Crippen LogP contribution in [0.15, 0.2) is 28.7 Å². The van der Waals surface area contributed by atoms with E-state index in [1.54, 1.807) is 0 Å². The molecule has 5 heteroatoms. The molecule has 0 amide bonds. The second-order valence-corrected chi connectivity index (χ2v) is 4.95. The van der Waals surface area contributed by atoms with Crippen LogP contribution in [0.3, 0.4) is 0 Å². The molecule has 0 bridgehead atoms. The lowest BCUT2D eigenvalue weighted by Gasteiger charge is -2.18. The van der Waals surface area contributed by atoms with E-state index in [1.165, 1.54) is 0 Å². The van der Waals surface area contributed by atoms with E-state index in [9.17, 15) is 5.11 Å².